The summed E-state index contributed by atoms with van der Waals surface area (Å²) in [7, 11) is 0. The largest absolute Gasteiger partial charge is 0.310 e. The van der Waals surface area contributed by atoms with E-state index in [9.17, 15) is 11.0 Å². The van der Waals surface area contributed by atoms with E-state index in [1.165, 1.54) is 33.4 Å². The molecule has 0 unspecified atom stereocenters. The third kappa shape index (κ3) is 17.4. The Morgan fingerprint density at radius 2 is 0.536 bits per heavy atom. The van der Waals surface area contributed by atoms with E-state index in [0.29, 0.717) is 21.8 Å². The molecule has 4 heterocycles. The van der Waals surface area contributed by atoms with E-state index < -0.39 is 12.1 Å². The molecule has 0 bridgehead atoms. The minimum Gasteiger partial charge on any atom is -0.310 e. The van der Waals surface area contributed by atoms with Crippen molar-refractivity contribution in [3.8, 4) is 55.9 Å². The van der Waals surface area contributed by atoms with Gasteiger partial charge in [-0.05, 0) is 273 Å². The van der Waals surface area contributed by atoms with Crippen molar-refractivity contribution in [1.29, 1.82) is 0 Å². The second-order valence-electron chi connectivity index (χ2n) is 47.2. The second-order valence-corrected chi connectivity index (χ2v) is 47.2. The van der Waals surface area contributed by atoms with Crippen LogP contribution in [0.4, 0.5) is 34.1 Å². The third-order valence-corrected chi connectivity index (χ3v) is 25.1. The maximum atomic E-state index is 10.3. The summed E-state index contributed by atoms with van der Waals surface area (Å²) in [6, 6.07) is 77.5. The molecule has 0 N–H and O–H groups in total. The SMILES string of the molecule is [2H]c1c([2H])c([2H])c2c(c1[2H])c1cc(CC(C)(C)C)ccc1n2-c1ccc2c(c1)N(c1c(-c3cccc(CC(C)(C)C)c3)cc(C(C)(C)C)cc1-c1cccc(CC(C)(C)C)c1)c1cc(C(C)(C)C)cc3c1B2c1ccc(-n2c4ccc(CC(C)(C)C)cc4c4c([2H])c([2H])c([2H])c([2H])c42)cc1N3c1c(-c2cccc(CC(C)(C)C)c2)cc(C(C)(C)C)cc1-c1cccc(CC(C)(C)C)c1. The molecule has 0 saturated heterocycles. The highest BCUT2D eigenvalue weighted by Crippen LogP contribution is 2.57. The Hall–Kier alpha value is -10.9. The van der Waals surface area contributed by atoms with Gasteiger partial charge in [0, 0.05) is 77.9 Å². The van der Waals surface area contributed by atoms with Gasteiger partial charge in [0.2, 0.25) is 0 Å². The van der Waals surface area contributed by atoms with Crippen molar-refractivity contribution in [3.05, 3.63) is 305 Å². The van der Waals surface area contributed by atoms with Gasteiger partial charge in [0.25, 0.3) is 6.71 Å². The van der Waals surface area contributed by atoms with Gasteiger partial charge in [0.15, 0.2) is 0 Å². The summed E-state index contributed by atoms with van der Waals surface area (Å²) in [6.07, 6.45) is 4.86. The van der Waals surface area contributed by atoms with Crippen LogP contribution in [0.5, 0.6) is 0 Å². The number of nitrogens with zero attached hydrogens (tertiary/aromatic N) is 4. The van der Waals surface area contributed by atoms with Crippen LogP contribution in [0.2, 0.25) is 0 Å². The lowest BCUT2D eigenvalue weighted by Gasteiger charge is -2.47. The van der Waals surface area contributed by atoms with Gasteiger partial charge in [-0.25, -0.2) is 0 Å². The minimum absolute atomic E-state index is 0.0476. The molecule has 0 radical (unpaired) electrons. The molecule has 0 saturated carbocycles. The Bertz CT molecular complexity index is 6670. The first-order valence-electron chi connectivity index (χ1n) is 49.7. The van der Waals surface area contributed by atoms with Crippen molar-refractivity contribution in [1.82, 2.24) is 9.13 Å². The first kappa shape index (κ1) is 76.6. The molecule has 2 aromatic heterocycles. The van der Waals surface area contributed by atoms with Crippen LogP contribution in [-0.4, -0.2) is 15.8 Å². The number of anilines is 6. The number of hydrogen-bond donors (Lipinski definition) is 0. The van der Waals surface area contributed by atoms with Crippen LogP contribution in [0.25, 0.3) is 99.5 Å². The summed E-state index contributed by atoms with van der Waals surface area (Å²) >= 11 is 0. The zero-order valence-electron chi connectivity index (χ0n) is 87.7. The summed E-state index contributed by atoms with van der Waals surface area (Å²) in [5.41, 5.74) is 30.1. The van der Waals surface area contributed by atoms with Crippen molar-refractivity contribution in [2.24, 2.45) is 32.5 Å². The van der Waals surface area contributed by atoms with E-state index in [2.05, 4.69) is 412 Å². The van der Waals surface area contributed by atoms with E-state index in [1.54, 1.807) is 0 Å². The zero-order chi connectivity index (χ0) is 96.1. The average molecular weight is 1650 g/mol. The summed E-state index contributed by atoms with van der Waals surface area (Å²) in [6.45, 7) is 61.8. The first-order chi connectivity index (χ1) is 61.9. The van der Waals surface area contributed by atoms with Crippen molar-refractivity contribution in [2.45, 2.75) is 242 Å². The number of aromatic nitrogens is 2. The van der Waals surface area contributed by atoms with Crippen LogP contribution in [0, 0.1) is 32.5 Å². The molecule has 17 rings (SSSR count). The Morgan fingerprint density at radius 3 is 0.824 bits per heavy atom. The predicted octanol–water partition coefficient (Wildman–Crippen LogP) is 32.1. The van der Waals surface area contributed by atoms with Gasteiger partial charge >= 0.3 is 0 Å². The fourth-order valence-corrected chi connectivity index (χ4v) is 20.0. The number of para-hydroxylation sites is 2. The third-order valence-electron chi connectivity index (χ3n) is 25.1. The fraction of sp³-hybridized carbons (Fsp3) is 0.350. The summed E-state index contributed by atoms with van der Waals surface area (Å²) in [4.78, 5) is 5.29. The van der Waals surface area contributed by atoms with E-state index in [4.69, 9.17) is 0 Å². The van der Waals surface area contributed by atoms with Crippen molar-refractivity contribution < 1.29 is 11.0 Å². The lowest BCUT2D eigenvalue weighted by Crippen LogP contribution is -2.61. The minimum atomic E-state index is -0.539. The van der Waals surface area contributed by atoms with Crippen molar-refractivity contribution in [3.63, 3.8) is 0 Å². The highest BCUT2D eigenvalue weighted by Gasteiger charge is 2.47. The second kappa shape index (κ2) is 31.0. The summed E-state index contributed by atoms with van der Waals surface area (Å²) in [5.74, 6) is 0. The number of benzene rings is 13. The van der Waals surface area contributed by atoms with Gasteiger partial charge in [-0.15, -0.1) is 0 Å². The van der Waals surface area contributed by atoms with Crippen LogP contribution >= 0.6 is 0 Å². The van der Waals surface area contributed by atoms with Crippen LogP contribution in [0.15, 0.2) is 255 Å². The lowest BCUT2D eigenvalue weighted by atomic mass is 9.33. The topological polar surface area (TPSA) is 16.3 Å². The van der Waals surface area contributed by atoms with Crippen LogP contribution in [0.3, 0.4) is 0 Å². The van der Waals surface area contributed by atoms with Crippen LogP contribution in [-0.2, 0) is 54.8 Å². The van der Waals surface area contributed by atoms with E-state index in [0.717, 1.165) is 183 Å². The van der Waals surface area contributed by atoms with E-state index >= 15 is 0 Å². The van der Waals surface area contributed by atoms with Gasteiger partial charge in [0.1, 0.15) is 0 Å². The van der Waals surface area contributed by atoms with E-state index in [1.807, 2.05) is 0 Å². The molecule has 4 nitrogen and oxygen atoms in total. The predicted molar refractivity (Wildman–Crippen MR) is 546 cm³/mol. The Labute approximate surface area is 760 Å². The molecule has 125 heavy (non-hydrogen) atoms. The van der Waals surface area contributed by atoms with Gasteiger partial charge in [0.05, 0.1) is 44.4 Å². The molecule has 0 aliphatic carbocycles. The Kier molecular flexibility index (Phi) is 19.0. The number of rotatable bonds is 14. The Morgan fingerprint density at radius 1 is 0.256 bits per heavy atom. The van der Waals surface area contributed by atoms with Crippen molar-refractivity contribution in [2.75, 3.05) is 9.80 Å². The molecule has 0 atom stereocenters. The number of hydrogen-bond acceptors (Lipinski definition) is 2. The van der Waals surface area contributed by atoms with Gasteiger partial charge in [-0.3, -0.25) is 0 Å². The van der Waals surface area contributed by atoms with Gasteiger partial charge in [-0.1, -0.05) is 345 Å². The molecule has 0 amide bonds. The van der Waals surface area contributed by atoms with Gasteiger partial charge < -0.3 is 18.9 Å². The monoisotopic (exact) mass is 1650 g/mol. The standard InChI is InChI=1S/C120H135BN4/c1-112(2,3)70-76-36-32-40-82(56-76)93-62-86(118(19,20)21)63-94(83-41-33-37-77(57-83)71-113(4,5)6)110(93)124-105-68-89(122-101-46-30-28-44-91(101)97-60-80(48-54-103(97)122)74-116(13,14)15)50-52-99(105)121-100-53-51-90(123-102-47-31-29-45-92(102)98-61-81(49-55-104(98)123)75-117(16,17)18)69-106(100)125(108-67-88(120(25,26)27)66-107(124)109(108)121)111-95(84-42-34-38-78(58-84)72-114(7,8)9)64-87(119(22,23)24)65-96(111)85-43-35-39-79(59-85)73-115(10,11)12/h28-69H,70-75H2,1-27H3/i28D,29D,30D,31D,44D,45D,46D,47D. The maximum absolute atomic E-state index is 10.3. The molecule has 0 spiro atoms. The molecular formula is C120H135BN4. The van der Waals surface area contributed by atoms with Crippen molar-refractivity contribution >= 4 is 101 Å². The molecule has 5 heteroatoms. The van der Waals surface area contributed by atoms with Crippen LogP contribution < -0.4 is 26.2 Å². The van der Waals surface area contributed by atoms with Crippen LogP contribution in [0.1, 0.15) is 248 Å². The lowest BCUT2D eigenvalue weighted by molar-refractivity contribution is 0.411. The average Bonchev–Trinajstić information content (AvgIpc) is 1.24. The molecule has 13 aromatic carbocycles. The molecule has 0 fully saturated rings. The normalized spacial score (nSPS) is 14.6. The summed E-state index contributed by atoms with van der Waals surface area (Å²) in [5, 5.41) is 2.46. The maximum Gasteiger partial charge on any atom is 0.252 e. The quantitative estimate of drug-likeness (QED) is 0.101. The smallest absolute Gasteiger partial charge is 0.252 e. The highest BCUT2D eigenvalue weighted by atomic mass is 15.2. The zero-order valence-corrected chi connectivity index (χ0v) is 79.7. The number of fused-ring (bicyclic) bond motifs is 10. The fourth-order valence-electron chi connectivity index (χ4n) is 20.0. The molecule has 2 aliphatic rings. The molecule has 15 aromatic rings. The molecule has 2 aliphatic heterocycles. The van der Waals surface area contributed by atoms with E-state index in [-0.39, 0.29) is 91.7 Å². The molecule has 638 valence electrons. The summed E-state index contributed by atoms with van der Waals surface area (Å²) < 4.78 is 82.9. The molecular weight excluding hydrogens is 1510 g/mol. The first-order valence-corrected chi connectivity index (χ1v) is 45.7. The Balaban J connectivity index is 1.11. The highest BCUT2D eigenvalue weighted by molar-refractivity contribution is 7.00. The van der Waals surface area contributed by atoms with Gasteiger partial charge in [-0.2, -0.15) is 0 Å².